The first-order valence-corrected chi connectivity index (χ1v) is 7.33. The van der Waals surface area contributed by atoms with Crippen LogP contribution in [0.5, 0.6) is 0 Å². The van der Waals surface area contributed by atoms with Crippen molar-refractivity contribution in [2.24, 2.45) is 5.92 Å². The molecule has 1 rings (SSSR count). The molecule has 2 atom stereocenters. The fourth-order valence-electron chi connectivity index (χ4n) is 2.32. The fraction of sp³-hybridized carbons (Fsp3) is 0.929. The van der Waals surface area contributed by atoms with Crippen molar-refractivity contribution in [1.82, 2.24) is 10.6 Å². The first-order valence-electron chi connectivity index (χ1n) is 7.33. The average molecular weight is 272 g/mol. The van der Waals surface area contributed by atoms with Gasteiger partial charge >= 0.3 is 0 Å². The molecule has 2 unspecified atom stereocenters. The number of unbranched alkanes of at least 4 members (excludes halogenated alkanes) is 1. The molecule has 19 heavy (non-hydrogen) atoms. The summed E-state index contributed by atoms with van der Waals surface area (Å²) >= 11 is 0. The Kier molecular flexibility index (Phi) is 8.79. The van der Waals surface area contributed by atoms with E-state index in [1.54, 1.807) is 7.11 Å². The summed E-state index contributed by atoms with van der Waals surface area (Å²) in [5, 5.41) is 6.38. The second kappa shape index (κ2) is 10.2. The van der Waals surface area contributed by atoms with Crippen LogP contribution >= 0.6 is 0 Å². The Balaban J connectivity index is 1.98. The number of hydrogen-bond acceptors (Lipinski definition) is 4. The van der Waals surface area contributed by atoms with Crippen LogP contribution in [0.3, 0.4) is 0 Å². The van der Waals surface area contributed by atoms with Crippen LogP contribution in [-0.2, 0) is 14.3 Å². The Labute approximate surface area is 116 Å². The number of piperidine rings is 1. The maximum absolute atomic E-state index is 12.0. The van der Waals surface area contributed by atoms with Gasteiger partial charge in [-0.15, -0.1) is 0 Å². The average Bonchev–Trinajstić information content (AvgIpc) is 2.42. The van der Waals surface area contributed by atoms with Gasteiger partial charge in [-0.1, -0.05) is 0 Å². The van der Waals surface area contributed by atoms with E-state index in [4.69, 9.17) is 9.47 Å². The topological polar surface area (TPSA) is 59.6 Å². The number of nitrogens with one attached hydrogen (secondary N) is 2. The Bertz CT molecular complexity index is 249. The summed E-state index contributed by atoms with van der Waals surface area (Å²) in [5.74, 6) is 0.326. The van der Waals surface area contributed by atoms with Gasteiger partial charge < -0.3 is 20.1 Å². The van der Waals surface area contributed by atoms with E-state index in [1.807, 2.05) is 0 Å². The smallest absolute Gasteiger partial charge is 0.224 e. The fourth-order valence-corrected chi connectivity index (χ4v) is 2.32. The molecule has 2 N–H and O–H groups in total. The minimum absolute atomic E-state index is 0.131. The van der Waals surface area contributed by atoms with Gasteiger partial charge in [0.05, 0.1) is 19.1 Å². The highest BCUT2D eigenvalue weighted by molar-refractivity contribution is 5.79. The zero-order valence-corrected chi connectivity index (χ0v) is 12.2. The van der Waals surface area contributed by atoms with Crippen molar-refractivity contribution < 1.29 is 14.3 Å². The lowest BCUT2D eigenvalue weighted by Crippen LogP contribution is -2.46. The molecule has 0 radical (unpaired) electrons. The van der Waals surface area contributed by atoms with Gasteiger partial charge in [0, 0.05) is 26.3 Å². The van der Waals surface area contributed by atoms with Crippen LogP contribution in [-0.4, -0.2) is 52.0 Å². The third-order valence-corrected chi connectivity index (χ3v) is 3.55. The highest BCUT2D eigenvalue weighted by Gasteiger charge is 2.26. The van der Waals surface area contributed by atoms with Crippen LogP contribution < -0.4 is 10.6 Å². The predicted molar refractivity (Wildman–Crippen MR) is 75.1 cm³/mol. The van der Waals surface area contributed by atoms with Gasteiger partial charge in [0.2, 0.25) is 5.91 Å². The second-order valence-corrected chi connectivity index (χ2v) is 5.09. The number of rotatable bonds is 9. The number of carbonyl (C=O) groups excluding carboxylic acids is 1. The number of amides is 1. The van der Waals surface area contributed by atoms with Gasteiger partial charge in [-0.05, 0) is 39.2 Å². The Morgan fingerprint density at radius 3 is 2.89 bits per heavy atom. The first-order chi connectivity index (χ1) is 9.25. The van der Waals surface area contributed by atoms with E-state index in [9.17, 15) is 4.79 Å². The molecule has 1 aliphatic heterocycles. The SMILES string of the molecule is COCCOCCCCNC(=O)C1CCCNC1C. The summed E-state index contributed by atoms with van der Waals surface area (Å²) in [4.78, 5) is 12.0. The number of ether oxygens (including phenoxy) is 2. The minimum atomic E-state index is 0.131. The zero-order valence-electron chi connectivity index (χ0n) is 12.2. The lowest BCUT2D eigenvalue weighted by molar-refractivity contribution is -0.126. The molecule has 112 valence electrons. The van der Waals surface area contributed by atoms with E-state index in [2.05, 4.69) is 17.6 Å². The lowest BCUT2D eigenvalue weighted by Gasteiger charge is -2.28. The lowest BCUT2D eigenvalue weighted by atomic mass is 9.91. The summed E-state index contributed by atoms with van der Waals surface area (Å²) in [6.07, 6.45) is 4.03. The summed E-state index contributed by atoms with van der Waals surface area (Å²) in [7, 11) is 1.67. The predicted octanol–water partition coefficient (Wildman–Crippen LogP) is 0.934. The molecule has 0 aromatic carbocycles. The van der Waals surface area contributed by atoms with Crippen molar-refractivity contribution in [3.05, 3.63) is 0 Å². The molecule has 0 aromatic rings. The van der Waals surface area contributed by atoms with Crippen LogP contribution in [0.25, 0.3) is 0 Å². The second-order valence-electron chi connectivity index (χ2n) is 5.09. The van der Waals surface area contributed by atoms with Gasteiger partial charge in [0.25, 0.3) is 0 Å². The molecule has 0 aromatic heterocycles. The van der Waals surface area contributed by atoms with E-state index < -0.39 is 0 Å². The molecule has 1 saturated heterocycles. The van der Waals surface area contributed by atoms with E-state index >= 15 is 0 Å². The van der Waals surface area contributed by atoms with E-state index in [0.29, 0.717) is 19.3 Å². The van der Waals surface area contributed by atoms with Crippen molar-refractivity contribution in [2.75, 3.05) is 40.0 Å². The summed E-state index contributed by atoms with van der Waals surface area (Å²) in [6.45, 7) is 5.89. The maximum atomic E-state index is 12.0. The number of hydrogen-bond donors (Lipinski definition) is 2. The van der Waals surface area contributed by atoms with Crippen LogP contribution in [0.4, 0.5) is 0 Å². The maximum Gasteiger partial charge on any atom is 0.224 e. The molecule has 0 saturated carbocycles. The van der Waals surface area contributed by atoms with Crippen molar-refractivity contribution >= 4 is 5.91 Å². The Hall–Kier alpha value is -0.650. The monoisotopic (exact) mass is 272 g/mol. The van der Waals surface area contributed by atoms with Crippen molar-refractivity contribution in [2.45, 2.75) is 38.6 Å². The number of methoxy groups -OCH3 is 1. The third kappa shape index (κ3) is 6.89. The summed E-state index contributed by atoms with van der Waals surface area (Å²) in [6, 6.07) is 0.297. The van der Waals surface area contributed by atoms with Crippen LogP contribution in [0.2, 0.25) is 0 Å². The molecule has 0 spiro atoms. The van der Waals surface area contributed by atoms with Gasteiger partial charge in [0.15, 0.2) is 0 Å². The molecule has 1 fully saturated rings. The van der Waals surface area contributed by atoms with E-state index in [0.717, 1.165) is 45.4 Å². The largest absolute Gasteiger partial charge is 0.382 e. The van der Waals surface area contributed by atoms with Gasteiger partial charge in [-0.3, -0.25) is 4.79 Å². The van der Waals surface area contributed by atoms with Gasteiger partial charge in [0.1, 0.15) is 0 Å². The van der Waals surface area contributed by atoms with Crippen LogP contribution in [0.15, 0.2) is 0 Å². The molecule has 1 amide bonds. The Morgan fingerprint density at radius 1 is 1.32 bits per heavy atom. The molecular weight excluding hydrogens is 244 g/mol. The molecular formula is C14H28N2O3. The normalized spacial score (nSPS) is 23.3. The van der Waals surface area contributed by atoms with Gasteiger partial charge in [-0.25, -0.2) is 0 Å². The van der Waals surface area contributed by atoms with E-state index in [1.165, 1.54) is 0 Å². The number of carbonyl (C=O) groups is 1. The standard InChI is InChI=1S/C14H28N2O3/c1-12-13(6-5-8-15-12)14(17)16-7-3-4-9-19-11-10-18-2/h12-13,15H,3-11H2,1-2H3,(H,16,17). The molecule has 1 heterocycles. The minimum Gasteiger partial charge on any atom is -0.382 e. The third-order valence-electron chi connectivity index (χ3n) is 3.55. The summed E-state index contributed by atoms with van der Waals surface area (Å²) < 4.78 is 10.3. The van der Waals surface area contributed by atoms with Crippen molar-refractivity contribution in [1.29, 1.82) is 0 Å². The first kappa shape index (κ1) is 16.4. The van der Waals surface area contributed by atoms with Crippen LogP contribution in [0.1, 0.15) is 32.6 Å². The Morgan fingerprint density at radius 2 is 2.16 bits per heavy atom. The molecule has 5 nitrogen and oxygen atoms in total. The molecule has 1 aliphatic rings. The highest BCUT2D eigenvalue weighted by atomic mass is 16.5. The molecule has 0 bridgehead atoms. The van der Waals surface area contributed by atoms with E-state index in [-0.39, 0.29) is 11.8 Å². The molecule has 5 heteroatoms. The van der Waals surface area contributed by atoms with Crippen molar-refractivity contribution in [3.63, 3.8) is 0 Å². The van der Waals surface area contributed by atoms with Gasteiger partial charge in [-0.2, -0.15) is 0 Å². The quantitative estimate of drug-likeness (QED) is 0.613. The molecule has 0 aliphatic carbocycles. The van der Waals surface area contributed by atoms with Crippen molar-refractivity contribution in [3.8, 4) is 0 Å². The summed E-state index contributed by atoms with van der Waals surface area (Å²) in [5.41, 5.74) is 0. The van der Waals surface area contributed by atoms with Crippen LogP contribution in [0, 0.1) is 5.92 Å². The zero-order chi connectivity index (χ0) is 13.9. The highest BCUT2D eigenvalue weighted by Crippen LogP contribution is 2.16.